The lowest BCUT2D eigenvalue weighted by molar-refractivity contribution is 0.135. The Bertz CT molecular complexity index is 1430. The van der Waals surface area contributed by atoms with Crippen LogP contribution in [0.5, 0.6) is 0 Å². The van der Waals surface area contributed by atoms with Gasteiger partial charge in [-0.15, -0.1) is 0 Å². The molecule has 1 N–H and O–H groups in total. The zero-order chi connectivity index (χ0) is 28.5. The van der Waals surface area contributed by atoms with Gasteiger partial charge in [0, 0.05) is 28.3 Å². The Hall–Kier alpha value is -3.32. The summed E-state index contributed by atoms with van der Waals surface area (Å²) in [6.07, 6.45) is 26.3. The first-order valence-corrected chi connectivity index (χ1v) is 15.2. The van der Waals surface area contributed by atoms with E-state index in [1.807, 2.05) is 0 Å². The summed E-state index contributed by atoms with van der Waals surface area (Å²) in [4.78, 5) is 0. The molecule has 0 aromatic heterocycles. The summed E-state index contributed by atoms with van der Waals surface area (Å²) in [5, 5.41) is 3.82. The van der Waals surface area contributed by atoms with Crippen LogP contribution in [0.15, 0.2) is 108 Å². The van der Waals surface area contributed by atoms with Gasteiger partial charge in [-0.3, -0.25) is 0 Å². The van der Waals surface area contributed by atoms with Crippen molar-refractivity contribution in [2.24, 2.45) is 16.7 Å². The van der Waals surface area contributed by atoms with Crippen LogP contribution in [0.2, 0.25) is 0 Å². The molecule has 1 aliphatic heterocycles. The normalized spacial score (nSPS) is 23.9. The maximum atomic E-state index is 3.82. The zero-order valence-electron chi connectivity index (χ0n) is 25.6. The fourth-order valence-electron chi connectivity index (χ4n) is 7.08. The molecule has 1 heteroatoms. The van der Waals surface area contributed by atoms with Gasteiger partial charge in [0.05, 0.1) is 0 Å². The second-order valence-electron chi connectivity index (χ2n) is 13.6. The Labute approximate surface area is 243 Å². The molecule has 0 fully saturated rings. The zero-order valence-corrected chi connectivity index (χ0v) is 25.6. The second-order valence-corrected chi connectivity index (χ2v) is 13.6. The number of fused-ring (bicyclic) bond motifs is 4. The van der Waals surface area contributed by atoms with E-state index < -0.39 is 0 Å². The molecule has 3 atom stereocenters. The summed E-state index contributed by atoms with van der Waals surface area (Å²) in [5.74, 6) is 0.870. The van der Waals surface area contributed by atoms with Gasteiger partial charge < -0.3 is 5.32 Å². The largest absolute Gasteiger partial charge is 0.355 e. The third-order valence-corrected chi connectivity index (χ3v) is 9.78. The standard InChI is InChI=1S/C39H47N/c1-8-16-35-28(18-15-26-38(6,7)9-2)24-25-30-29(17-14-23-36(30)40-35)27-39(37(3,4)5)33-21-12-10-19-31(33)32-20-11-13-22-34(32)39/h8,10-25,31,33,40H,9,26-27H2,1-7H3/b16-8-,18-15-. The molecule has 2 aromatic rings. The third-order valence-electron chi connectivity index (χ3n) is 9.78. The molecule has 0 bridgehead atoms. The van der Waals surface area contributed by atoms with Crippen molar-refractivity contribution in [3.8, 4) is 0 Å². The van der Waals surface area contributed by atoms with Crippen LogP contribution in [0.1, 0.15) is 89.5 Å². The molecule has 0 saturated carbocycles. The van der Waals surface area contributed by atoms with Gasteiger partial charge in [-0.25, -0.2) is 0 Å². The van der Waals surface area contributed by atoms with Crippen molar-refractivity contribution >= 4 is 11.8 Å². The molecule has 1 nitrogen and oxygen atoms in total. The highest BCUT2D eigenvalue weighted by molar-refractivity contribution is 5.77. The summed E-state index contributed by atoms with van der Waals surface area (Å²) < 4.78 is 0. The molecule has 2 aliphatic carbocycles. The summed E-state index contributed by atoms with van der Waals surface area (Å²) in [6.45, 7) is 16.4. The van der Waals surface area contributed by atoms with Gasteiger partial charge in [0.25, 0.3) is 0 Å². The van der Waals surface area contributed by atoms with Crippen molar-refractivity contribution in [1.82, 2.24) is 0 Å². The van der Waals surface area contributed by atoms with Gasteiger partial charge in [0.2, 0.25) is 0 Å². The van der Waals surface area contributed by atoms with Crippen molar-refractivity contribution in [2.45, 2.75) is 79.1 Å². The Balaban J connectivity index is 1.58. The van der Waals surface area contributed by atoms with E-state index in [-0.39, 0.29) is 10.8 Å². The first kappa shape index (κ1) is 28.2. The maximum Gasteiger partial charge on any atom is 0.0460 e. The van der Waals surface area contributed by atoms with Crippen LogP contribution < -0.4 is 5.32 Å². The summed E-state index contributed by atoms with van der Waals surface area (Å²) in [5.41, 5.74) is 9.66. The fourth-order valence-corrected chi connectivity index (χ4v) is 7.08. The number of anilines is 1. The maximum absolute atomic E-state index is 3.82. The van der Waals surface area contributed by atoms with Crippen LogP contribution in [-0.2, 0) is 11.8 Å². The minimum absolute atomic E-state index is 0.0150. The van der Waals surface area contributed by atoms with Gasteiger partial charge in [-0.05, 0) is 70.9 Å². The average molecular weight is 530 g/mol. The van der Waals surface area contributed by atoms with Gasteiger partial charge in [0.1, 0.15) is 0 Å². The lowest BCUT2D eigenvalue weighted by atomic mass is 9.55. The average Bonchev–Trinajstić information content (AvgIpc) is 3.10. The van der Waals surface area contributed by atoms with Crippen LogP contribution in [0, 0.1) is 16.7 Å². The summed E-state index contributed by atoms with van der Waals surface area (Å²) in [6, 6.07) is 16.0. The molecule has 1 heterocycles. The minimum atomic E-state index is -0.0150. The minimum Gasteiger partial charge on any atom is -0.355 e. The SMILES string of the molecule is C/C=C\C1=C(/C=C\CC(C)(C)CC)C=Cc2c(CC3(C(C)(C)C)c4ccccc4C4C=CC=CC43)cccc2N1. The van der Waals surface area contributed by atoms with Crippen molar-refractivity contribution in [3.05, 3.63) is 131 Å². The molecule has 208 valence electrons. The van der Waals surface area contributed by atoms with E-state index in [9.17, 15) is 0 Å². The number of nitrogens with one attached hydrogen (secondary N) is 1. The van der Waals surface area contributed by atoms with E-state index in [2.05, 4.69) is 157 Å². The molecular weight excluding hydrogens is 482 g/mol. The van der Waals surface area contributed by atoms with E-state index >= 15 is 0 Å². The highest BCUT2D eigenvalue weighted by atomic mass is 14.9. The third kappa shape index (κ3) is 5.00. The molecular formula is C39H47N. The number of benzene rings is 2. The first-order chi connectivity index (χ1) is 19.1. The van der Waals surface area contributed by atoms with E-state index in [0.29, 0.717) is 17.3 Å². The summed E-state index contributed by atoms with van der Waals surface area (Å²) in [7, 11) is 0. The van der Waals surface area contributed by atoms with Gasteiger partial charge >= 0.3 is 0 Å². The van der Waals surface area contributed by atoms with Crippen LogP contribution in [0.4, 0.5) is 5.69 Å². The van der Waals surface area contributed by atoms with E-state index in [1.54, 1.807) is 0 Å². The van der Waals surface area contributed by atoms with E-state index in [1.165, 1.54) is 39.9 Å². The number of rotatable bonds is 7. The number of hydrogen-bond acceptors (Lipinski definition) is 1. The van der Waals surface area contributed by atoms with Crippen molar-refractivity contribution < 1.29 is 0 Å². The Morgan fingerprint density at radius 1 is 0.900 bits per heavy atom. The van der Waals surface area contributed by atoms with Crippen molar-refractivity contribution in [3.63, 3.8) is 0 Å². The molecule has 0 radical (unpaired) electrons. The van der Waals surface area contributed by atoms with Crippen LogP contribution in [-0.4, -0.2) is 0 Å². The number of hydrogen-bond donors (Lipinski definition) is 1. The van der Waals surface area contributed by atoms with Crippen LogP contribution in [0.3, 0.4) is 0 Å². The van der Waals surface area contributed by atoms with E-state index in [0.717, 1.165) is 18.5 Å². The van der Waals surface area contributed by atoms with Gasteiger partial charge in [-0.1, -0.05) is 139 Å². The van der Waals surface area contributed by atoms with E-state index in [4.69, 9.17) is 0 Å². The van der Waals surface area contributed by atoms with Gasteiger partial charge in [-0.2, -0.15) is 0 Å². The molecule has 5 rings (SSSR count). The highest BCUT2D eigenvalue weighted by Gasteiger charge is 2.56. The lowest BCUT2D eigenvalue weighted by Gasteiger charge is -2.48. The second kappa shape index (κ2) is 10.9. The van der Waals surface area contributed by atoms with Crippen molar-refractivity contribution in [1.29, 1.82) is 0 Å². The quantitative estimate of drug-likeness (QED) is 0.376. The topological polar surface area (TPSA) is 12.0 Å². The summed E-state index contributed by atoms with van der Waals surface area (Å²) >= 11 is 0. The Morgan fingerprint density at radius 2 is 1.68 bits per heavy atom. The van der Waals surface area contributed by atoms with Crippen LogP contribution >= 0.6 is 0 Å². The molecule has 0 amide bonds. The highest BCUT2D eigenvalue weighted by Crippen LogP contribution is 2.61. The van der Waals surface area contributed by atoms with Gasteiger partial charge in [0.15, 0.2) is 0 Å². The lowest BCUT2D eigenvalue weighted by Crippen LogP contribution is -2.46. The Kier molecular flexibility index (Phi) is 7.71. The molecule has 2 aromatic carbocycles. The number of allylic oxidation sites excluding steroid dienone is 10. The molecule has 0 spiro atoms. The van der Waals surface area contributed by atoms with Crippen LogP contribution in [0.25, 0.3) is 6.08 Å². The predicted octanol–water partition coefficient (Wildman–Crippen LogP) is 10.7. The predicted molar refractivity (Wildman–Crippen MR) is 175 cm³/mol. The Morgan fingerprint density at radius 3 is 2.42 bits per heavy atom. The first-order valence-electron chi connectivity index (χ1n) is 15.2. The van der Waals surface area contributed by atoms with Crippen molar-refractivity contribution in [2.75, 3.05) is 5.32 Å². The molecule has 0 saturated heterocycles. The fraction of sp³-hybridized carbons (Fsp3) is 0.385. The smallest absolute Gasteiger partial charge is 0.0460 e. The molecule has 3 unspecified atom stereocenters. The molecule has 40 heavy (non-hydrogen) atoms. The molecule has 3 aliphatic rings. The monoisotopic (exact) mass is 529 g/mol.